The van der Waals surface area contributed by atoms with Crippen LogP contribution in [0.15, 0.2) is 64.2 Å². The summed E-state index contributed by atoms with van der Waals surface area (Å²) >= 11 is 3.45. The average Bonchev–Trinajstić information content (AvgIpc) is 3.24. The summed E-state index contributed by atoms with van der Waals surface area (Å²) in [4.78, 5) is 12.8. The van der Waals surface area contributed by atoms with Gasteiger partial charge >= 0.3 is 0 Å². The number of benzene rings is 2. The summed E-state index contributed by atoms with van der Waals surface area (Å²) < 4.78 is 6.81. The number of rotatable bonds is 2. The van der Waals surface area contributed by atoms with E-state index in [0.29, 0.717) is 5.71 Å². The standard InChI is InChI=1S/C17H13BrN2O2/c1-11-17(15(22-17)12-6-5-7-13(18)10-12)16(21)20(19-11)14-8-3-2-4-9-14/h2-10,15H,1H3/t15-,17-/m0/s1. The Morgan fingerprint density at radius 2 is 1.95 bits per heavy atom. The first-order chi connectivity index (χ1) is 10.6. The highest BCUT2D eigenvalue weighted by Gasteiger charge is 2.69. The monoisotopic (exact) mass is 356 g/mol. The van der Waals surface area contributed by atoms with Gasteiger partial charge < -0.3 is 4.74 Å². The molecule has 5 heteroatoms. The molecular weight excluding hydrogens is 344 g/mol. The third-order valence-electron chi connectivity index (χ3n) is 4.07. The zero-order chi connectivity index (χ0) is 15.3. The van der Waals surface area contributed by atoms with Gasteiger partial charge in [-0.3, -0.25) is 4.79 Å². The number of nitrogens with zero attached hydrogens (tertiary/aromatic N) is 2. The van der Waals surface area contributed by atoms with E-state index in [4.69, 9.17) is 4.74 Å². The summed E-state index contributed by atoms with van der Waals surface area (Å²) in [5.41, 5.74) is 1.50. The number of ether oxygens (including phenoxy) is 1. The van der Waals surface area contributed by atoms with Crippen LogP contribution in [0, 0.1) is 0 Å². The van der Waals surface area contributed by atoms with E-state index in [1.165, 1.54) is 5.01 Å². The van der Waals surface area contributed by atoms with E-state index in [-0.39, 0.29) is 12.0 Å². The quantitative estimate of drug-likeness (QED) is 0.770. The zero-order valence-corrected chi connectivity index (χ0v) is 13.4. The number of hydrogen-bond donors (Lipinski definition) is 0. The number of para-hydroxylation sites is 1. The Morgan fingerprint density at radius 3 is 2.68 bits per heavy atom. The minimum absolute atomic E-state index is 0.124. The van der Waals surface area contributed by atoms with Crippen LogP contribution in [-0.2, 0) is 9.53 Å². The molecule has 2 aromatic carbocycles. The normalized spacial score (nSPS) is 26.5. The Kier molecular flexibility index (Phi) is 2.96. The van der Waals surface area contributed by atoms with Crippen molar-refractivity contribution in [2.45, 2.75) is 18.6 Å². The fraction of sp³-hybridized carbons (Fsp3) is 0.176. The number of hydrogen-bond acceptors (Lipinski definition) is 3. The van der Waals surface area contributed by atoms with Crippen molar-refractivity contribution in [3.63, 3.8) is 0 Å². The van der Waals surface area contributed by atoms with Crippen LogP contribution in [0.4, 0.5) is 5.69 Å². The lowest BCUT2D eigenvalue weighted by Gasteiger charge is -2.12. The zero-order valence-electron chi connectivity index (χ0n) is 11.9. The molecule has 0 bridgehead atoms. The molecule has 2 aliphatic rings. The minimum atomic E-state index is -0.934. The summed E-state index contributed by atoms with van der Waals surface area (Å²) in [6.45, 7) is 1.85. The highest BCUT2D eigenvalue weighted by molar-refractivity contribution is 9.10. The van der Waals surface area contributed by atoms with E-state index in [2.05, 4.69) is 21.0 Å². The Labute approximate surface area is 136 Å². The second kappa shape index (κ2) is 4.76. The SMILES string of the molecule is CC1=NN(c2ccccc2)C(=O)[C@]12O[C@H]2c1cccc(Br)c1. The largest absolute Gasteiger partial charge is 0.344 e. The Hall–Kier alpha value is -1.98. The fourth-order valence-corrected chi connectivity index (χ4v) is 3.30. The van der Waals surface area contributed by atoms with E-state index in [9.17, 15) is 4.79 Å². The van der Waals surface area contributed by atoms with Gasteiger partial charge in [-0.2, -0.15) is 10.1 Å². The van der Waals surface area contributed by atoms with Crippen LogP contribution in [0.1, 0.15) is 18.6 Å². The second-order valence-electron chi connectivity index (χ2n) is 5.43. The lowest BCUT2D eigenvalue weighted by atomic mass is 9.95. The van der Waals surface area contributed by atoms with Crippen LogP contribution in [0.25, 0.3) is 0 Å². The van der Waals surface area contributed by atoms with Crippen LogP contribution in [-0.4, -0.2) is 17.2 Å². The lowest BCUT2D eigenvalue weighted by molar-refractivity contribution is -0.120. The number of carbonyl (C=O) groups is 1. The molecule has 2 heterocycles. The van der Waals surface area contributed by atoms with E-state index < -0.39 is 5.60 Å². The summed E-state index contributed by atoms with van der Waals surface area (Å²) in [5, 5.41) is 5.85. The van der Waals surface area contributed by atoms with Crippen LogP contribution >= 0.6 is 15.9 Å². The van der Waals surface area contributed by atoms with Gasteiger partial charge in [0.25, 0.3) is 5.91 Å². The minimum Gasteiger partial charge on any atom is -0.344 e. The highest BCUT2D eigenvalue weighted by Crippen LogP contribution is 2.54. The second-order valence-corrected chi connectivity index (χ2v) is 6.34. The van der Waals surface area contributed by atoms with Gasteiger partial charge in [-0.05, 0) is 36.8 Å². The molecule has 1 fully saturated rings. The van der Waals surface area contributed by atoms with E-state index in [1.807, 2.05) is 61.5 Å². The fourth-order valence-electron chi connectivity index (χ4n) is 2.89. The van der Waals surface area contributed by atoms with Crippen molar-refractivity contribution in [2.75, 3.05) is 5.01 Å². The summed E-state index contributed by atoms with van der Waals surface area (Å²) in [7, 11) is 0. The van der Waals surface area contributed by atoms with Gasteiger partial charge in [0.1, 0.15) is 6.10 Å². The molecule has 0 aromatic heterocycles. The van der Waals surface area contributed by atoms with E-state index in [0.717, 1.165) is 15.7 Å². The first-order valence-electron chi connectivity index (χ1n) is 7.01. The molecule has 0 radical (unpaired) electrons. The molecule has 0 N–H and O–H groups in total. The molecule has 1 saturated heterocycles. The summed E-state index contributed by atoms with van der Waals surface area (Å²) in [5.74, 6) is -0.124. The van der Waals surface area contributed by atoms with Crippen molar-refractivity contribution >= 4 is 33.2 Å². The van der Waals surface area contributed by atoms with Crippen molar-refractivity contribution in [1.82, 2.24) is 0 Å². The number of amides is 1. The number of epoxide rings is 1. The molecule has 2 aromatic rings. The Balaban J connectivity index is 1.68. The molecule has 4 nitrogen and oxygen atoms in total. The molecule has 2 atom stereocenters. The lowest BCUT2D eigenvalue weighted by Crippen LogP contribution is -2.35. The van der Waals surface area contributed by atoms with Gasteiger partial charge in [0, 0.05) is 4.47 Å². The van der Waals surface area contributed by atoms with E-state index in [1.54, 1.807) is 0 Å². The third kappa shape index (κ3) is 1.86. The van der Waals surface area contributed by atoms with Crippen LogP contribution < -0.4 is 5.01 Å². The molecule has 0 saturated carbocycles. The van der Waals surface area contributed by atoms with Crippen molar-refractivity contribution in [2.24, 2.45) is 5.10 Å². The molecular formula is C17H13BrN2O2. The molecule has 4 rings (SSSR count). The molecule has 110 valence electrons. The molecule has 0 aliphatic carbocycles. The molecule has 22 heavy (non-hydrogen) atoms. The van der Waals surface area contributed by atoms with Gasteiger partial charge in [0.05, 0.1) is 11.4 Å². The van der Waals surface area contributed by atoms with Crippen molar-refractivity contribution < 1.29 is 9.53 Å². The number of anilines is 1. The first kappa shape index (κ1) is 13.7. The maximum atomic E-state index is 12.8. The topological polar surface area (TPSA) is 45.2 Å². The van der Waals surface area contributed by atoms with Crippen LogP contribution in [0.2, 0.25) is 0 Å². The smallest absolute Gasteiger partial charge is 0.288 e. The predicted molar refractivity (Wildman–Crippen MR) is 87.7 cm³/mol. The van der Waals surface area contributed by atoms with Crippen molar-refractivity contribution in [1.29, 1.82) is 0 Å². The summed E-state index contributed by atoms with van der Waals surface area (Å²) in [6, 6.07) is 17.3. The first-order valence-corrected chi connectivity index (χ1v) is 7.81. The maximum absolute atomic E-state index is 12.8. The number of hydrazone groups is 1. The Morgan fingerprint density at radius 1 is 1.18 bits per heavy atom. The summed E-state index contributed by atoms with van der Waals surface area (Å²) in [6.07, 6.45) is -0.269. The maximum Gasteiger partial charge on any atom is 0.288 e. The van der Waals surface area contributed by atoms with Crippen molar-refractivity contribution in [3.8, 4) is 0 Å². The van der Waals surface area contributed by atoms with Crippen LogP contribution in [0.3, 0.4) is 0 Å². The van der Waals surface area contributed by atoms with Gasteiger partial charge in [-0.15, -0.1) is 0 Å². The third-order valence-corrected chi connectivity index (χ3v) is 4.56. The van der Waals surface area contributed by atoms with E-state index >= 15 is 0 Å². The van der Waals surface area contributed by atoms with Gasteiger partial charge in [-0.25, -0.2) is 0 Å². The van der Waals surface area contributed by atoms with Gasteiger partial charge in [-0.1, -0.05) is 46.3 Å². The van der Waals surface area contributed by atoms with Gasteiger partial charge in [0.15, 0.2) is 0 Å². The highest BCUT2D eigenvalue weighted by atomic mass is 79.9. The molecule has 0 unspecified atom stereocenters. The van der Waals surface area contributed by atoms with Gasteiger partial charge in [0.2, 0.25) is 5.60 Å². The molecule has 1 spiro atoms. The average molecular weight is 357 g/mol. The molecule has 2 aliphatic heterocycles. The Bertz CT molecular complexity index is 790. The van der Waals surface area contributed by atoms with Crippen molar-refractivity contribution in [3.05, 3.63) is 64.6 Å². The number of halogens is 1. The predicted octanol–water partition coefficient (Wildman–Crippen LogP) is 3.68. The van der Waals surface area contributed by atoms with Crippen LogP contribution in [0.5, 0.6) is 0 Å². The molecule has 1 amide bonds. The number of carbonyl (C=O) groups excluding carboxylic acids is 1.